The topological polar surface area (TPSA) is 135 Å². The quantitative estimate of drug-likeness (QED) is 0.0992. The molecule has 0 saturated heterocycles. The van der Waals surface area contributed by atoms with E-state index in [4.69, 9.17) is 23.7 Å². The molecule has 290 valence electrons. The third-order valence-electron chi connectivity index (χ3n) is 13.4. The molecule has 0 unspecified atom stereocenters. The van der Waals surface area contributed by atoms with E-state index in [9.17, 15) is 24.0 Å². The molecule has 11 nitrogen and oxygen atoms in total. The highest BCUT2D eigenvalue weighted by Gasteiger charge is 2.61. The van der Waals surface area contributed by atoms with E-state index in [1.54, 1.807) is 4.90 Å². The smallest absolute Gasteiger partial charge is 0.350 e. The highest BCUT2D eigenvalue weighted by Crippen LogP contribution is 2.68. The van der Waals surface area contributed by atoms with Crippen LogP contribution in [0.25, 0.3) is 0 Å². The largest absolute Gasteiger partial charge is 0.466 e. The van der Waals surface area contributed by atoms with E-state index in [-0.39, 0.29) is 25.2 Å². The Bertz CT molecular complexity index is 1250. The first-order valence-corrected chi connectivity index (χ1v) is 19.5. The fraction of sp³-hybridized carbons (Fsp3) is 0.875. The molecule has 0 N–H and O–H groups in total. The van der Waals surface area contributed by atoms with Crippen LogP contribution in [0, 0.1) is 40.4 Å². The summed E-state index contributed by atoms with van der Waals surface area (Å²) in [6, 6.07) is 0. The first-order chi connectivity index (χ1) is 23.9. The summed E-state index contributed by atoms with van der Waals surface area (Å²) < 4.78 is 26.8. The maximum Gasteiger partial charge on any atom is 0.350 e. The fourth-order valence-corrected chi connectivity index (χ4v) is 10.7. The number of ether oxygens (including phenoxy) is 5. The van der Waals surface area contributed by atoms with E-state index in [1.807, 2.05) is 6.92 Å². The molecule has 0 aromatic rings. The van der Waals surface area contributed by atoms with Crippen LogP contribution in [0.3, 0.4) is 0 Å². The van der Waals surface area contributed by atoms with Gasteiger partial charge in [-0.1, -0.05) is 27.2 Å². The van der Waals surface area contributed by atoms with Crippen molar-refractivity contribution in [1.82, 2.24) is 4.90 Å². The molecule has 0 heterocycles. The Hall–Kier alpha value is -2.69. The molecule has 4 saturated carbocycles. The molecule has 0 aromatic carbocycles. The Morgan fingerprint density at radius 3 is 1.98 bits per heavy atom. The fourth-order valence-electron chi connectivity index (χ4n) is 10.7. The van der Waals surface area contributed by atoms with E-state index in [0.29, 0.717) is 37.3 Å². The molecule has 51 heavy (non-hydrogen) atoms. The predicted molar refractivity (Wildman–Crippen MR) is 190 cm³/mol. The van der Waals surface area contributed by atoms with Gasteiger partial charge in [0.15, 0.2) is 6.61 Å². The molecule has 0 aliphatic heterocycles. The molecular weight excluding hydrogens is 654 g/mol. The predicted octanol–water partition coefficient (Wildman–Crippen LogP) is 6.43. The van der Waals surface area contributed by atoms with Crippen LogP contribution in [0.2, 0.25) is 0 Å². The van der Waals surface area contributed by atoms with Crippen molar-refractivity contribution in [1.29, 1.82) is 0 Å². The van der Waals surface area contributed by atoms with E-state index in [1.165, 1.54) is 72.6 Å². The standard InChI is InChI=1S/C40H65NO10/c1-9-29-13-15-32-31-14-12-30-24-38(6,18-19-40(30,8)33(31)16-17-39(29,32)7)51-35(45)26-49-36(46)37(4,5)50-34(44)25-41(20-10-22-47-27(2)42)21-11-23-48-28(3)43/h29-33H,9-26H2,1-8H3/t29-,30-,31-,32-,33-,38+,39+,40-/m0/s1. The lowest BCUT2D eigenvalue weighted by Crippen LogP contribution is -2.56. The minimum absolute atomic E-state index is 0.141. The molecule has 4 fully saturated rings. The van der Waals surface area contributed by atoms with Gasteiger partial charge < -0.3 is 23.7 Å². The number of fused-ring (bicyclic) bond motifs is 5. The summed E-state index contributed by atoms with van der Waals surface area (Å²) in [4.78, 5) is 62.9. The SMILES string of the molecule is CC[C@H]1CC[C@H]2[C@@H]3CC[C@H]4C[C@](C)(OC(=O)COC(=O)C(C)(C)OC(=O)CN(CCCOC(C)=O)CCCOC(C)=O)CC[C@]4(C)[C@H]3CC[C@]12C. The number of nitrogens with zero attached hydrogens (tertiary/aromatic N) is 1. The zero-order chi connectivity index (χ0) is 37.6. The van der Waals surface area contributed by atoms with Gasteiger partial charge in [0.2, 0.25) is 5.60 Å². The van der Waals surface area contributed by atoms with Crippen molar-refractivity contribution >= 4 is 29.8 Å². The van der Waals surface area contributed by atoms with Crippen LogP contribution in [0.1, 0.15) is 132 Å². The average molecular weight is 720 g/mol. The Morgan fingerprint density at radius 1 is 0.745 bits per heavy atom. The van der Waals surface area contributed by atoms with Crippen LogP contribution < -0.4 is 0 Å². The molecule has 4 aliphatic rings. The van der Waals surface area contributed by atoms with Crippen molar-refractivity contribution in [2.45, 2.75) is 144 Å². The van der Waals surface area contributed by atoms with E-state index in [2.05, 4.69) is 20.8 Å². The molecule has 4 rings (SSSR count). The lowest BCUT2D eigenvalue weighted by molar-refractivity contribution is -0.191. The number of esters is 5. The second-order valence-corrected chi connectivity index (χ2v) is 17.2. The molecular formula is C40H65NO10. The molecule has 4 aliphatic carbocycles. The second kappa shape index (κ2) is 17.0. The first-order valence-electron chi connectivity index (χ1n) is 19.5. The Kier molecular flexibility index (Phi) is 13.7. The summed E-state index contributed by atoms with van der Waals surface area (Å²) in [5.41, 5.74) is -1.48. The normalized spacial score (nSPS) is 32.9. The maximum atomic E-state index is 13.1. The zero-order valence-corrected chi connectivity index (χ0v) is 32.6. The van der Waals surface area contributed by atoms with Gasteiger partial charge in [0.25, 0.3) is 0 Å². The lowest BCUT2D eigenvalue weighted by atomic mass is 9.44. The van der Waals surface area contributed by atoms with Gasteiger partial charge in [-0.25, -0.2) is 9.59 Å². The van der Waals surface area contributed by atoms with Crippen LogP contribution in [0.4, 0.5) is 0 Å². The molecule has 11 heteroatoms. The van der Waals surface area contributed by atoms with E-state index < -0.39 is 47.7 Å². The van der Waals surface area contributed by atoms with Crippen molar-refractivity contribution in [3.05, 3.63) is 0 Å². The highest BCUT2D eigenvalue weighted by atomic mass is 16.6. The summed E-state index contributed by atoms with van der Waals surface area (Å²) >= 11 is 0. The summed E-state index contributed by atoms with van der Waals surface area (Å²) in [5.74, 6) is 0.892. The minimum atomic E-state index is -1.64. The Labute approximate surface area is 305 Å². The summed E-state index contributed by atoms with van der Waals surface area (Å²) in [6.07, 6.45) is 12.8. The molecule has 0 radical (unpaired) electrons. The van der Waals surface area contributed by atoms with Gasteiger partial charge in [0, 0.05) is 26.9 Å². The average Bonchev–Trinajstić information content (AvgIpc) is 3.39. The Balaban J connectivity index is 1.24. The van der Waals surface area contributed by atoms with E-state index in [0.717, 1.165) is 42.9 Å². The van der Waals surface area contributed by atoms with Gasteiger partial charge in [-0.05, 0) is 132 Å². The van der Waals surface area contributed by atoms with Crippen molar-refractivity contribution in [2.75, 3.05) is 39.5 Å². The molecule has 0 bridgehead atoms. The third-order valence-corrected chi connectivity index (χ3v) is 13.4. The number of hydrogen-bond donors (Lipinski definition) is 0. The number of carbonyl (C=O) groups excluding carboxylic acids is 5. The maximum absolute atomic E-state index is 13.1. The first kappa shape index (κ1) is 41.1. The molecule has 0 aromatic heterocycles. The Morgan fingerprint density at radius 2 is 1.37 bits per heavy atom. The molecule has 0 spiro atoms. The minimum Gasteiger partial charge on any atom is -0.466 e. The third kappa shape index (κ3) is 10.0. The van der Waals surface area contributed by atoms with Gasteiger partial charge in [-0.3, -0.25) is 19.3 Å². The van der Waals surface area contributed by atoms with Crippen LogP contribution in [0.15, 0.2) is 0 Å². The molecule has 0 amide bonds. The summed E-state index contributed by atoms with van der Waals surface area (Å²) in [5, 5.41) is 0. The molecule has 8 atom stereocenters. The number of rotatable bonds is 16. The van der Waals surface area contributed by atoms with E-state index >= 15 is 0 Å². The number of hydrogen-bond acceptors (Lipinski definition) is 11. The van der Waals surface area contributed by atoms with Gasteiger partial charge in [-0.2, -0.15) is 0 Å². The van der Waals surface area contributed by atoms with Gasteiger partial charge in [0.1, 0.15) is 5.60 Å². The lowest BCUT2D eigenvalue weighted by Gasteiger charge is -2.62. The summed E-state index contributed by atoms with van der Waals surface area (Å²) in [7, 11) is 0. The van der Waals surface area contributed by atoms with Crippen molar-refractivity contribution < 1.29 is 47.7 Å². The van der Waals surface area contributed by atoms with Gasteiger partial charge in [-0.15, -0.1) is 0 Å². The van der Waals surface area contributed by atoms with Crippen LogP contribution in [-0.2, 0) is 47.7 Å². The summed E-state index contributed by atoms with van der Waals surface area (Å²) in [6.45, 7) is 15.5. The zero-order valence-electron chi connectivity index (χ0n) is 32.6. The van der Waals surface area contributed by atoms with Crippen LogP contribution in [-0.4, -0.2) is 85.4 Å². The van der Waals surface area contributed by atoms with Gasteiger partial charge in [0.05, 0.1) is 19.8 Å². The van der Waals surface area contributed by atoms with Crippen molar-refractivity contribution in [3.8, 4) is 0 Å². The van der Waals surface area contributed by atoms with Crippen LogP contribution >= 0.6 is 0 Å². The monoisotopic (exact) mass is 719 g/mol. The second-order valence-electron chi connectivity index (χ2n) is 17.2. The highest BCUT2D eigenvalue weighted by molar-refractivity contribution is 5.85. The van der Waals surface area contributed by atoms with Gasteiger partial charge >= 0.3 is 29.8 Å². The van der Waals surface area contributed by atoms with Crippen molar-refractivity contribution in [2.24, 2.45) is 40.4 Å². The number of carbonyl (C=O) groups is 5. The van der Waals surface area contributed by atoms with Crippen molar-refractivity contribution in [3.63, 3.8) is 0 Å². The van der Waals surface area contributed by atoms with Crippen LogP contribution in [0.5, 0.6) is 0 Å².